The number of rotatable bonds is 6. The van der Waals surface area contributed by atoms with Gasteiger partial charge in [0.1, 0.15) is 0 Å². The first-order chi connectivity index (χ1) is 15.5. The van der Waals surface area contributed by atoms with Crippen molar-refractivity contribution in [3.8, 4) is 5.69 Å². The fourth-order valence-corrected chi connectivity index (χ4v) is 2.91. The number of anilines is 1. The maximum absolute atomic E-state index is 13.2. The van der Waals surface area contributed by atoms with E-state index < -0.39 is 46.5 Å². The quantitative estimate of drug-likeness (QED) is 0.327. The van der Waals surface area contributed by atoms with E-state index >= 15 is 0 Å². The minimum atomic E-state index is -4.97. The first kappa shape index (κ1) is 23.2. The van der Waals surface area contributed by atoms with Crippen LogP contribution in [0.1, 0.15) is 21.6 Å². The Hall–Kier alpha value is -4.42. The highest BCUT2D eigenvalue weighted by atomic mass is 19.4. The second-order valence-electron chi connectivity index (χ2n) is 6.73. The Morgan fingerprint density at radius 3 is 2.39 bits per heavy atom. The van der Waals surface area contributed by atoms with E-state index in [0.717, 1.165) is 12.1 Å². The Balaban J connectivity index is 1.66. The number of carbonyl (C=O) groups is 2. The molecule has 3 aromatic rings. The molecule has 0 aliphatic rings. The molecular weight excluding hydrogens is 449 g/mol. The molecule has 0 atom stereocenters. The van der Waals surface area contributed by atoms with Crippen LogP contribution in [0.15, 0.2) is 53.5 Å². The predicted octanol–water partition coefficient (Wildman–Crippen LogP) is 3.20. The van der Waals surface area contributed by atoms with Gasteiger partial charge in [-0.3, -0.25) is 19.5 Å². The number of halogens is 3. The highest BCUT2D eigenvalue weighted by Gasteiger charge is 2.35. The molecule has 1 aromatic heterocycles. The van der Waals surface area contributed by atoms with Crippen LogP contribution in [0.2, 0.25) is 0 Å². The average Bonchev–Trinajstić information content (AvgIpc) is 3.09. The van der Waals surface area contributed by atoms with E-state index in [9.17, 15) is 37.7 Å². The zero-order valence-electron chi connectivity index (χ0n) is 16.8. The van der Waals surface area contributed by atoms with Gasteiger partial charge >= 0.3 is 17.8 Å². The SMILES string of the molecule is Cc1c[nH]c(=O)n1-c1ccc(C(=O)OCC(=O)Nc2ccc([N+](=O)[O-])cc2C(F)(F)F)cc1. The Bertz CT molecular complexity index is 1280. The van der Waals surface area contributed by atoms with Crippen LogP contribution in [0, 0.1) is 17.0 Å². The highest BCUT2D eigenvalue weighted by Crippen LogP contribution is 2.37. The van der Waals surface area contributed by atoms with Crippen LogP contribution < -0.4 is 11.0 Å². The van der Waals surface area contributed by atoms with Gasteiger partial charge in [-0.15, -0.1) is 0 Å². The summed E-state index contributed by atoms with van der Waals surface area (Å²) in [5, 5.41) is 12.7. The summed E-state index contributed by atoms with van der Waals surface area (Å²) in [5.74, 6) is -2.00. The lowest BCUT2D eigenvalue weighted by atomic mass is 10.1. The van der Waals surface area contributed by atoms with Crippen LogP contribution in [0.4, 0.5) is 24.5 Å². The fourth-order valence-electron chi connectivity index (χ4n) is 2.91. The predicted molar refractivity (Wildman–Crippen MR) is 108 cm³/mol. The maximum Gasteiger partial charge on any atom is 0.418 e. The standard InChI is InChI=1S/C20H15F3N4O6/c1-11-9-24-19(30)26(11)13-4-2-12(3-5-13)18(29)33-10-17(28)25-16-7-6-14(27(31)32)8-15(16)20(21,22)23/h2-9H,10H2,1H3,(H,24,30)(H,25,28). The number of nitrogens with one attached hydrogen (secondary N) is 2. The van der Waals surface area contributed by atoms with Crippen LogP contribution in [0.3, 0.4) is 0 Å². The third kappa shape index (κ3) is 5.26. The number of alkyl halides is 3. The first-order valence-corrected chi connectivity index (χ1v) is 9.17. The number of H-pyrrole nitrogens is 1. The van der Waals surface area contributed by atoms with E-state index in [1.54, 1.807) is 6.92 Å². The lowest BCUT2D eigenvalue weighted by Gasteiger charge is -2.13. The number of amides is 1. The van der Waals surface area contributed by atoms with Gasteiger partial charge in [-0.2, -0.15) is 13.2 Å². The molecule has 10 nitrogen and oxygen atoms in total. The smallest absolute Gasteiger partial charge is 0.418 e. The molecule has 2 N–H and O–H groups in total. The van der Waals surface area contributed by atoms with E-state index in [2.05, 4.69) is 4.98 Å². The molecule has 33 heavy (non-hydrogen) atoms. The number of hydrogen-bond donors (Lipinski definition) is 2. The van der Waals surface area contributed by atoms with Gasteiger partial charge in [0.05, 0.1) is 27.4 Å². The van der Waals surface area contributed by atoms with Crippen molar-refractivity contribution in [2.45, 2.75) is 13.1 Å². The molecule has 0 spiro atoms. The summed E-state index contributed by atoms with van der Waals surface area (Å²) < 4.78 is 45.7. The molecule has 0 saturated carbocycles. The zero-order valence-corrected chi connectivity index (χ0v) is 16.8. The number of nitrogens with zero attached hydrogens (tertiary/aromatic N) is 2. The molecule has 0 aliphatic heterocycles. The van der Waals surface area contributed by atoms with Crippen molar-refractivity contribution in [2.75, 3.05) is 11.9 Å². The Kier molecular flexibility index (Phi) is 6.33. The van der Waals surface area contributed by atoms with Crippen molar-refractivity contribution in [2.24, 2.45) is 0 Å². The molecule has 0 bridgehead atoms. The molecule has 13 heteroatoms. The summed E-state index contributed by atoms with van der Waals surface area (Å²) in [7, 11) is 0. The van der Waals surface area contributed by atoms with E-state index in [-0.39, 0.29) is 11.3 Å². The molecule has 172 valence electrons. The molecule has 0 radical (unpaired) electrons. The van der Waals surface area contributed by atoms with Crippen molar-refractivity contribution in [1.82, 2.24) is 9.55 Å². The van der Waals surface area contributed by atoms with Crippen LogP contribution in [-0.4, -0.2) is 33.0 Å². The Labute approximate surface area is 182 Å². The molecule has 0 saturated heterocycles. The van der Waals surface area contributed by atoms with Gasteiger partial charge in [-0.05, 0) is 37.3 Å². The molecule has 2 aromatic carbocycles. The topological polar surface area (TPSA) is 136 Å². The highest BCUT2D eigenvalue weighted by molar-refractivity contribution is 5.96. The number of non-ortho nitro benzene ring substituents is 1. The van der Waals surface area contributed by atoms with Gasteiger partial charge in [-0.25, -0.2) is 9.59 Å². The summed E-state index contributed by atoms with van der Waals surface area (Å²) in [6.07, 6.45) is -3.45. The lowest BCUT2D eigenvalue weighted by molar-refractivity contribution is -0.385. The fraction of sp³-hybridized carbons (Fsp3) is 0.150. The average molecular weight is 464 g/mol. The van der Waals surface area contributed by atoms with E-state index in [1.165, 1.54) is 35.0 Å². The zero-order chi connectivity index (χ0) is 24.3. The number of aromatic amines is 1. The summed E-state index contributed by atoms with van der Waals surface area (Å²) >= 11 is 0. The Morgan fingerprint density at radius 1 is 1.18 bits per heavy atom. The number of carbonyl (C=O) groups excluding carboxylic acids is 2. The third-order valence-corrected chi connectivity index (χ3v) is 4.45. The van der Waals surface area contributed by atoms with Crippen molar-refractivity contribution >= 4 is 23.3 Å². The van der Waals surface area contributed by atoms with E-state index in [4.69, 9.17) is 4.74 Å². The lowest BCUT2D eigenvalue weighted by Crippen LogP contribution is -2.23. The summed E-state index contributed by atoms with van der Waals surface area (Å²) in [4.78, 5) is 48.2. The van der Waals surface area contributed by atoms with Crippen molar-refractivity contribution < 1.29 is 32.4 Å². The number of nitro benzene ring substituents is 1. The minimum Gasteiger partial charge on any atom is -0.452 e. The number of benzene rings is 2. The van der Waals surface area contributed by atoms with Gasteiger partial charge in [-0.1, -0.05) is 0 Å². The van der Waals surface area contributed by atoms with Gasteiger partial charge in [0.15, 0.2) is 6.61 Å². The monoisotopic (exact) mass is 464 g/mol. The number of nitro groups is 1. The minimum absolute atomic E-state index is 0.0408. The van der Waals surface area contributed by atoms with Gasteiger partial charge < -0.3 is 15.0 Å². The van der Waals surface area contributed by atoms with Gasteiger partial charge in [0, 0.05) is 24.0 Å². The summed E-state index contributed by atoms with van der Waals surface area (Å²) in [5.41, 5.74) is -2.15. The van der Waals surface area contributed by atoms with Crippen LogP contribution in [-0.2, 0) is 15.7 Å². The number of aryl methyl sites for hydroxylation is 1. The van der Waals surface area contributed by atoms with Crippen LogP contribution in [0.25, 0.3) is 5.69 Å². The normalized spacial score (nSPS) is 11.2. The van der Waals surface area contributed by atoms with Crippen molar-refractivity contribution in [3.05, 3.63) is 86.1 Å². The molecule has 1 heterocycles. The largest absolute Gasteiger partial charge is 0.452 e. The maximum atomic E-state index is 13.2. The molecule has 3 rings (SSSR count). The van der Waals surface area contributed by atoms with Gasteiger partial charge in [0.2, 0.25) is 0 Å². The number of aromatic nitrogens is 2. The summed E-state index contributed by atoms with van der Waals surface area (Å²) in [6.45, 7) is 0.805. The number of hydrogen-bond acceptors (Lipinski definition) is 6. The van der Waals surface area contributed by atoms with Crippen molar-refractivity contribution in [1.29, 1.82) is 0 Å². The van der Waals surface area contributed by atoms with Crippen LogP contribution in [0.5, 0.6) is 0 Å². The van der Waals surface area contributed by atoms with Crippen molar-refractivity contribution in [3.63, 3.8) is 0 Å². The molecule has 1 amide bonds. The van der Waals surface area contributed by atoms with Crippen LogP contribution >= 0.6 is 0 Å². The second kappa shape index (κ2) is 8.98. The summed E-state index contributed by atoms with van der Waals surface area (Å²) in [6, 6.07) is 7.50. The number of imidazole rings is 1. The first-order valence-electron chi connectivity index (χ1n) is 9.17. The van der Waals surface area contributed by atoms with E-state index in [1.807, 2.05) is 5.32 Å². The molecular formula is C20H15F3N4O6. The molecule has 0 aliphatic carbocycles. The molecule has 0 unspecified atom stereocenters. The van der Waals surface area contributed by atoms with E-state index in [0.29, 0.717) is 17.4 Å². The van der Waals surface area contributed by atoms with Gasteiger partial charge in [0.25, 0.3) is 11.6 Å². The molecule has 0 fully saturated rings. The number of ether oxygens (including phenoxy) is 1. The third-order valence-electron chi connectivity index (χ3n) is 4.45. The Morgan fingerprint density at radius 2 is 1.85 bits per heavy atom. The second-order valence-corrected chi connectivity index (χ2v) is 6.73. The number of esters is 1.